The number of nitrogens with one attached hydrogen (secondary N) is 3. The fourth-order valence-electron chi connectivity index (χ4n) is 3.82. The third-order valence-corrected chi connectivity index (χ3v) is 5.95. The maximum absolute atomic E-state index is 13.2. The number of aliphatic carboxylic acids is 1. The van der Waals surface area contributed by atoms with Gasteiger partial charge in [0.1, 0.15) is 23.9 Å². The normalized spacial score (nSPS) is 14.1. The molecule has 0 aromatic heterocycles. The molecule has 0 heterocycles. The van der Waals surface area contributed by atoms with Gasteiger partial charge in [0.25, 0.3) is 0 Å². The van der Waals surface area contributed by atoms with Gasteiger partial charge in [-0.15, -0.1) is 0 Å². The van der Waals surface area contributed by atoms with Crippen molar-refractivity contribution >= 4 is 29.6 Å². The summed E-state index contributed by atoms with van der Waals surface area (Å²) in [5.74, 6) is -3.87. The molecule has 0 aliphatic heterocycles. The molecule has 11 N–H and O–H groups in total. The highest BCUT2D eigenvalue weighted by atomic mass is 16.4. The minimum atomic E-state index is -1.31. The van der Waals surface area contributed by atoms with Gasteiger partial charge in [-0.2, -0.15) is 0 Å². The molecule has 1 aromatic carbocycles. The van der Waals surface area contributed by atoms with Crippen molar-refractivity contribution in [3.63, 3.8) is 0 Å². The van der Waals surface area contributed by atoms with Crippen LogP contribution in [0.3, 0.4) is 0 Å². The number of aromatic hydroxyl groups is 1. The van der Waals surface area contributed by atoms with Crippen LogP contribution in [0.15, 0.2) is 24.3 Å². The molecule has 0 saturated heterocycles. The Morgan fingerprint density at radius 2 is 1.38 bits per heavy atom. The average molecular weight is 551 g/mol. The number of rotatable bonds is 18. The number of nitrogens with two attached hydrogens (primary N) is 3. The number of carbonyl (C=O) groups is 5. The number of carbonyl (C=O) groups excluding carboxylic acids is 4. The first-order valence-corrected chi connectivity index (χ1v) is 13.0. The Labute approximate surface area is 228 Å². The summed E-state index contributed by atoms with van der Waals surface area (Å²) >= 11 is 0. The van der Waals surface area contributed by atoms with Crippen LogP contribution in [0.1, 0.15) is 57.9 Å². The average Bonchev–Trinajstić information content (AvgIpc) is 2.85. The smallest absolute Gasteiger partial charge is 0.326 e. The van der Waals surface area contributed by atoms with E-state index < -0.39 is 53.8 Å². The fraction of sp³-hybridized carbons (Fsp3) is 0.577. The highest BCUT2D eigenvalue weighted by molar-refractivity contribution is 5.94. The van der Waals surface area contributed by atoms with Crippen molar-refractivity contribution in [2.45, 2.75) is 83.0 Å². The van der Waals surface area contributed by atoms with Gasteiger partial charge in [-0.1, -0.05) is 26.0 Å². The van der Waals surface area contributed by atoms with Gasteiger partial charge < -0.3 is 43.4 Å². The second-order valence-electron chi connectivity index (χ2n) is 9.92. The van der Waals surface area contributed by atoms with Crippen LogP contribution < -0.4 is 33.2 Å². The number of primary amides is 1. The lowest BCUT2D eigenvalue weighted by Crippen LogP contribution is -2.57. The molecule has 4 amide bonds. The number of amides is 4. The van der Waals surface area contributed by atoms with Gasteiger partial charge in [-0.3, -0.25) is 19.2 Å². The molecule has 4 unspecified atom stereocenters. The van der Waals surface area contributed by atoms with Crippen LogP contribution in [0, 0.1) is 5.92 Å². The van der Waals surface area contributed by atoms with Crippen LogP contribution in [-0.2, 0) is 30.4 Å². The predicted molar refractivity (Wildman–Crippen MR) is 144 cm³/mol. The van der Waals surface area contributed by atoms with Crippen LogP contribution in [0.5, 0.6) is 5.75 Å². The Morgan fingerprint density at radius 3 is 1.90 bits per heavy atom. The van der Waals surface area contributed by atoms with Crippen LogP contribution in [0.4, 0.5) is 0 Å². The Bertz CT molecular complexity index is 970. The predicted octanol–water partition coefficient (Wildman–Crippen LogP) is -0.758. The van der Waals surface area contributed by atoms with E-state index in [1.165, 1.54) is 24.3 Å². The van der Waals surface area contributed by atoms with Gasteiger partial charge >= 0.3 is 5.97 Å². The summed E-state index contributed by atoms with van der Waals surface area (Å²) in [6.07, 6.45) is 1.17. The molecule has 0 aliphatic rings. The number of carboxylic acid groups (broad SMARTS) is 1. The fourth-order valence-corrected chi connectivity index (χ4v) is 3.82. The van der Waals surface area contributed by atoms with Crippen LogP contribution >= 0.6 is 0 Å². The molecule has 0 aliphatic carbocycles. The molecule has 0 fully saturated rings. The van der Waals surface area contributed by atoms with E-state index in [9.17, 15) is 34.2 Å². The molecule has 1 aromatic rings. The minimum Gasteiger partial charge on any atom is -0.508 e. The number of benzene rings is 1. The van der Waals surface area contributed by atoms with E-state index >= 15 is 0 Å². The first kappa shape index (κ1) is 33.3. The summed E-state index contributed by atoms with van der Waals surface area (Å²) < 4.78 is 0. The van der Waals surface area contributed by atoms with E-state index in [-0.39, 0.29) is 37.4 Å². The number of hydrogen-bond acceptors (Lipinski definition) is 8. The van der Waals surface area contributed by atoms with Crippen molar-refractivity contribution in [1.29, 1.82) is 0 Å². The van der Waals surface area contributed by atoms with Gasteiger partial charge in [-0.25, -0.2) is 4.79 Å². The van der Waals surface area contributed by atoms with Gasteiger partial charge in [-0.05, 0) is 62.3 Å². The maximum Gasteiger partial charge on any atom is 0.326 e. The molecule has 0 radical (unpaired) electrons. The van der Waals surface area contributed by atoms with Crippen molar-refractivity contribution in [1.82, 2.24) is 16.0 Å². The summed E-state index contributed by atoms with van der Waals surface area (Å²) in [5, 5.41) is 26.7. The SMILES string of the molecule is CC(C)CC(N)C(=O)NC(CCC(N)=O)C(=O)NC(CCCCN)C(=O)NC(Cc1ccc(O)cc1)C(=O)O. The third kappa shape index (κ3) is 13.1. The first-order chi connectivity index (χ1) is 18.3. The van der Waals surface area contributed by atoms with Crippen molar-refractivity contribution in [2.24, 2.45) is 23.1 Å². The van der Waals surface area contributed by atoms with Crippen LogP contribution in [-0.4, -0.2) is 70.5 Å². The lowest BCUT2D eigenvalue weighted by atomic mass is 10.0. The number of phenols is 1. The van der Waals surface area contributed by atoms with Gasteiger partial charge in [0.15, 0.2) is 0 Å². The topological polar surface area (TPSA) is 240 Å². The molecule has 0 bridgehead atoms. The second-order valence-corrected chi connectivity index (χ2v) is 9.92. The molecule has 218 valence electrons. The summed E-state index contributed by atoms with van der Waals surface area (Å²) in [6, 6.07) is 1.35. The first-order valence-electron chi connectivity index (χ1n) is 13.0. The summed E-state index contributed by atoms with van der Waals surface area (Å²) in [7, 11) is 0. The van der Waals surface area contributed by atoms with Crippen molar-refractivity contribution in [3.8, 4) is 5.75 Å². The minimum absolute atomic E-state index is 0.0143. The number of carboxylic acids is 1. The number of phenolic OH excluding ortho intramolecular Hbond substituents is 1. The Balaban J connectivity index is 3.05. The molecular formula is C26H42N6O7. The highest BCUT2D eigenvalue weighted by Gasteiger charge is 2.30. The van der Waals surface area contributed by atoms with E-state index in [1.54, 1.807) is 0 Å². The summed E-state index contributed by atoms with van der Waals surface area (Å²) in [5.41, 5.74) is 17.3. The van der Waals surface area contributed by atoms with E-state index in [4.69, 9.17) is 17.2 Å². The van der Waals surface area contributed by atoms with E-state index in [0.29, 0.717) is 31.4 Å². The largest absolute Gasteiger partial charge is 0.508 e. The van der Waals surface area contributed by atoms with Crippen molar-refractivity contribution in [3.05, 3.63) is 29.8 Å². The molecule has 13 nitrogen and oxygen atoms in total. The number of unbranched alkanes of at least 4 members (excludes halogenated alkanes) is 1. The van der Waals surface area contributed by atoms with Crippen LogP contribution in [0.25, 0.3) is 0 Å². The van der Waals surface area contributed by atoms with Crippen molar-refractivity contribution < 1.29 is 34.2 Å². The van der Waals surface area contributed by atoms with E-state index in [0.717, 1.165) is 0 Å². The quantitative estimate of drug-likeness (QED) is 0.107. The Hall–Kier alpha value is -3.71. The van der Waals surface area contributed by atoms with E-state index in [1.807, 2.05) is 13.8 Å². The summed E-state index contributed by atoms with van der Waals surface area (Å²) in [6.45, 7) is 4.13. The third-order valence-electron chi connectivity index (χ3n) is 5.95. The summed E-state index contributed by atoms with van der Waals surface area (Å²) in [4.78, 5) is 62.1. The molecule has 4 atom stereocenters. The van der Waals surface area contributed by atoms with E-state index in [2.05, 4.69) is 16.0 Å². The molecule has 0 saturated carbocycles. The Morgan fingerprint density at radius 1 is 0.846 bits per heavy atom. The standard InChI is InChI=1S/C26H42N6O7/c1-15(2)13-18(28)23(35)30-20(10-11-22(29)34)25(37)31-19(5-3-4-12-27)24(36)32-21(26(38)39)14-16-6-8-17(33)9-7-16/h6-9,15,18-21,33H,3-5,10-14,27-28H2,1-2H3,(H2,29,34)(H,30,35)(H,31,37)(H,32,36)(H,38,39). The van der Waals surface area contributed by atoms with Crippen molar-refractivity contribution in [2.75, 3.05) is 6.54 Å². The lowest BCUT2D eigenvalue weighted by Gasteiger charge is -2.25. The number of hydrogen-bond donors (Lipinski definition) is 8. The zero-order valence-corrected chi connectivity index (χ0v) is 22.5. The molecule has 0 spiro atoms. The molecule has 1 rings (SSSR count). The zero-order chi connectivity index (χ0) is 29.5. The van der Waals surface area contributed by atoms with Gasteiger partial charge in [0.05, 0.1) is 6.04 Å². The van der Waals surface area contributed by atoms with Gasteiger partial charge in [0.2, 0.25) is 23.6 Å². The monoisotopic (exact) mass is 550 g/mol. The zero-order valence-electron chi connectivity index (χ0n) is 22.5. The second kappa shape index (κ2) is 17.0. The lowest BCUT2D eigenvalue weighted by molar-refractivity contribution is -0.142. The van der Waals surface area contributed by atoms with Gasteiger partial charge in [0, 0.05) is 12.8 Å². The molecule has 39 heavy (non-hydrogen) atoms. The maximum atomic E-state index is 13.2. The van der Waals surface area contributed by atoms with Crippen LogP contribution in [0.2, 0.25) is 0 Å². The highest BCUT2D eigenvalue weighted by Crippen LogP contribution is 2.12. The molecular weight excluding hydrogens is 508 g/mol. The molecule has 13 heteroatoms. The Kier molecular flexibility index (Phi) is 14.5.